The normalized spacial score (nSPS) is 13.6. The molecular weight excluding hydrogens is 245 g/mol. The van der Waals surface area contributed by atoms with Gasteiger partial charge in [0.15, 0.2) is 12.4 Å². The topological polar surface area (TPSA) is 49.3 Å². The summed E-state index contributed by atoms with van der Waals surface area (Å²) in [5.74, 6) is -0.508. The van der Waals surface area contributed by atoms with E-state index in [1.165, 1.54) is 0 Å². The Morgan fingerprint density at radius 2 is 1.53 bits per heavy atom. The van der Waals surface area contributed by atoms with E-state index in [0.717, 1.165) is 0 Å². The van der Waals surface area contributed by atoms with E-state index in [0.29, 0.717) is 11.1 Å². The van der Waals surface area contributed by atoms with Crippen molar-refractivity contribution in [1.29, 1.82) is 0 Å². The summed E-state index contributed by atoms with van der Waals surface area (Å²) in [4.78, 5) is 11.8. The summed E-state index contributed by atoms with van der Waals surface area (Å²) in [6, 6.07) is 16.6. The predicted molar refractivity (Wildman–Crippen MR) is 70.2 cm³/mol. The van der Waals surface area contributed by atoms with E-state index in [1.54, 1.807) is 60.7 Å². The standard InChI is InChI=1S/C15H14FNO2/c16-13(11-7-3-1-4-8-11)15(19)17-14(18)12-9-5-2-6-10-12/h1-10,13,15,19H,(H,17,18)/t13-,15-/m0/s1. The van der Waals surface area contributed by atoms with E-state index in [4.69, 9.17) is 0 Å². The SMILES string of the molecule is O=C(N[C@@H](O)[C@@H](F)c1ccccc1)c1ccccc1. The number of amides is 1. The summed E-state index contributed by atoms with van der Waals surface area (Å²) in [5.41, 5.74) is 0.699. The summed E-state index contributed by atoms with van der Waals surface area (Å²) < 4.78 is 13.9. The van der Waals surface area contributed by atoms with Gasteiger partial charge in [-0.25, -0.2) is 4.39 Å². The largest absolute Gasteiger partial charge is 0.370 e. The fourth-order valence-corrected chi connectivity index (χ4v) is 1.70. The van der Waals surface area contributed by atoms with Gasteiger partial charge in [0.05, 0.1) is 0 Å². The van der Waals surface area contributed by atoms with Crippen LogP contribution in [0.15, 0.2) is 60.7 Å². The third-order valence-electron chi connectivity index (χ3n) is 2.71. The number of hydrogen-bond acceptors (Lipinski definition) is 2. The maximum atomic E-state index is 13.9. The van der Waals surface area contributed by atoms with Gasteiger partial charge in [-0.3, -0.25) is 4.79 Å². The van der Waals surface area contributed by atoms with Crippen LogP contribution in [0.3, 0.4) is 0 Å². The lowest BCUT2D eigenvalue weighted by atomic mass is 10.1. The predicted octanol–water partition coefficient (Wildman–Crippen LogP) is 2.45. The Balaban J connectivity index is 2.02. The molecule has 0 heterocycles. The first-order valence-corrected chi connectivity index (χ1v) is 5.91. The zero-order chi connectivity index (χ0) is 13.7. The first-order valence-electron chi connectivity index (χ1n) is 5.91. The Labute approximate surface area is 110 Å². The van der Waals surface area contributed by atoms with Gasteiger partial charge < -0.3 is 10.4 Å². The average molecular weight is 259 g/mol. The van der Waals surface area contributed by atoms with Gasteiger partial charge >= 0.3 is 0 Å². The summed E-state index contributed by atoms with van der Waals surface area (Å²) in [6.45, 7) is 0. The second kappa shape index (κ2) is 6.11. The number of aliphatic hydroxyl groups excluding tert-OH is 1. The molecule has 0 aliphatic heterocycles. The minimum atomic E-state index is -1.66. The van der Waals surface area contributed by atoms with Gasteiger partial charge in [-0.05, 0) is 17.7 Å². The average Bonchev–Trinajstić information content (AvgIpc) is 2.48. The molecule has 0 radical (unpaired) electrons. The minimum absolute atomic E-state index is 0.323. The lowest BCUT2D eigenvalue weighted by Crippen LogP contribution is -2.37. The molecule has 0 saturated heterocycles. The number of carbonyl (C=O) groups excluding carboxylic acids is 1. The Morgan fingerprint density at radius 3 is 2.11 bits per heavy atom. The van der Waals surface area contributed by atoms with Crippen molar-refractivity contribution >= 4 is 5.91 Å². The maximum Gasteiger partial charge on any atom is 0.253 e. The fourth-order valence-electron chi connectivity index (χ4n) is 1.70. The summed E-state index contributed by atoms with van der Waals surface area (Å²) in [5, 5.41) is 11.9. The van der Waals surface area contributed by atoms with Crippen LogP contribution in [0, 0.1) is 0 Å². The summed E-state index contributed by atoms with van der Waals surface area (Å²) >= 11 is 0. The Hall–Kier alpha value is -2.20. The molecule has 1 amide bonds. The van der Waals surface area contributed by atoms with Crippen LogP contribution in [0.2, 0.25) is 0 Å². The molecule has 98 valence electrons. The number of halogens is 1. The van der Waals surface area contributed by atoms with Crippen LogP contribution < -0.4 is 5.32 Å². The number of alkyl halides is 1. The number of benzene rings is 2. The van der Waals surface area contributed by atoms with Crippen molar-refractivity contribution in [2.75, 3.05) is 0 Å². The smallest absolute Gasteiger partial charge is 0.253 e. The molecule has 0 bridgehead atoms. The first-order chi connectivity index (χ1) is 9.18. The molecule has 0 spiro atoms. The Kier molecular flexibility index (Phi) is 4.26. The van der Waals surface area contributed by atoms with Crippen LogP contribution in [-0.4, -0.2) is 17.2 Å². The lowest BCUT2D eigenvalue weighted by Gasteiger charge is -2.17. The van der Waals surface area contributed by atoms with E-state index in [1.807, 2.05) is 0 Å². The van der Waals surface area contributed by atoms with Crippen molar-refractivity contribution in [2.45, 2.75) is 12.4 Å². The van der Waals surface area contributed by atoms with Crippen molar-refractivity contribution in [3.8, 4) is 0 Å². The van der Waals surface area contributed by atoms with Gasteiger partial charge in [-0.1, -0.05) is 48.5 Å². The molecule has 3 nitrogen and oxygen atoms in total. The third kappa shape index (κ3) is 3.39. The molecule has 0 saturated carbocycles. The zero-order valence-corrected chi connectivity index (χ0v) is 10.2. The molecule has 19 heavy (non-hydrogen) atoms. The maximum absolute atomic E-state index is 13.9. The van der Waals surface area contributed by atoms with Crippen molar-refractivity contribution in [1.82, 2.24) is 5.32 Å². The monoisotopic (exact) mass is 259 g/mol. The molecule has 2 aromatic rings. The number of hydrogen-bond donors (Lipinski definition) is 2. The third-order valence-corrected chi connectivity index (χ3v) is 2.71. The summed E-state index contributed by atoms with van der Waals surface area (Å²) in [6.07, 6.45) is -3.23. The van der Waals surface area contributed by atoms with E-state index in [-0.39, 0.29) is 0 Å². The molecule has 0 fully saturated rings. The highest BCUT2D eigenvalue weighted by atomic mass is 19.1. The molecule has 4 heteroatoms. The highest BCUT2D eigenvalue weighted by molar-refractivity contribution is 5.94. The van der Waals surface area contributed by atoms with Gasteiger partial charge in [0.1, 0.15) is 0 Å². The van der Waals surface area contributed by atoms with Gasteiger partial charge in [0.2, 0.25) is 0 Å². The van der Waals surface area contributed by atoms with E-state index >= 15 is 0 Å². The number of carbonyl (C=O) groups is 1. The molecule has 2 N–H and O–H groups in total. The number of nitrogens with one attached hydrogen (secondary N) is 1. The molecule has 0 unspecified atom stereocenters. The van der Waals surface area contributed by atoms with Crippen molar-refractivity contribution < 1.29 is 14.3 Å². The minimum Gasteiger partial charge on any atom is -0.370 e. The van der Waals surface area contributed by atoms with Gasteiger partial charge in [-0.2, -0.15) is 0 Å². The van der Waals surface area contributed by atoms with Gasteiger partial charge in [0.25, 0.3) is 5.91 Å². The van der Waals surface area contributed by atoms with Crippen LogP contribution >= 0.6 is 0 Å². The first kappa shape index (κ1) is 13.2. The van der Waals surface area contributed by atoms with Gasteiger partial charge in [-0.15, -0.1) is 0 Å². The molecular formula is C15H14FNO2. The van der Waals surface area contributed by atoms with Gasteiger partial charge in [0, 0.05) is 5.56 Å². The Morgan fingerprint density at radius 1 is 1.00 bits per heavy atom. The molecule has 2 aromatic carbocycles. The number of aliphatic hydroxyl groups is 1. The molecule has 2 atom stereocenters. The van der Waals surface area contributed by atoms with Crippen LogP contribution in [0.25, 0.3) is 0 Å². The summed E-state index contributed by atoms with van der Waals surface area (Å²) in [7, 11) is 0. The Bertz CT molecular complexity index is 530. The fraction of sp³-hybridized carbons (Fsp3) is 0.133. The van der Waals surface area contributed by atoms with Crippen molar-refractivity contribution in [3.05, 3.63) is 71.8 Å². The molecule has 0 aliphatic rings. The van der Waals surface area contributed by atoms with Crippen LogP contribution in [-0.2, 0) is 0 Å². The van der Waals surface area contributed by atoms with Crippen LogP contribution in [0.5, 0.6) is 0 Å². The van der Waals surface area contributed by atoms with E-state index < -0.39 is 18.3 Å². The zero-order valence-electron chi connectivity index (χ0n) is 10.2. The van der Waals surface area contributed by atoms with E-state index in [9.17, 15) is 14.3 Å². The molecule has 2 rings (SSSR count). The second-order valence-electron chi connectivity index (χ2n) is 4.10. The molecule has 0 aliphatic carbocycles. The quantitative estimate of drug-likeness (QED) is 0.829. The van der Waals surface area contributed by atoms with E-state index in [2.05, 4.69) is 5.32 Å². The highest BCUT2D eigenvalue weighted by Crippen LogP contribution is 2.19. The van der Waals surface area contributed by atoms with Crippen LogP contribution in [0.4, 0.5) is 4.39 Å². The second-order valence-corrected chi connectivity index (χ2v) is 4.10. The van der Waals surface area contributed by atoms with Crippen molar-refractivity contribution in [3.63, 3.8) is 0 Å². The lowest BCUT2D eigenvalue weighted by molar-refractivity contribution is 0.0421. The van der Waals surface area contributed by atoms with Crippen molar-refractivity contribution in [2.24, 2.45) is 0 Å². The highest BCUT2D eigenvalue weighted by Gasteiger charge is 2.22. The number of rotatable bonds is 4. The van der Waals surface area contributed by atoms with Crippen LogP contribution in [0.1, 0.15) is 22.1 Å². The molecule has 0 aromatic heterocycles.